The van der Waals surface area contributed by atoms with Crippen molar-refractivity contribution in [1.82, 2.24) is 5.32 Å². The largest absolute Gasteiger partial charge is 0.480 e. The summed E-state index contributed by atoms with van der Waals surface area (Å²) in [6, 6.07) is -0.983. The Bertz CT molecular complexity index is 342. The minimum absolute atomic E-state index is 0.0458. The van der Waals surface area contributed by atoms with E-state index < -0.39 is 12.0 Å². The molecule has 0 fully saturated rings. The standard InChI is InChI=1S/C18H33NO4/c1-2-3-4-5-6-7-8-9-10-11-12-13-17(21)19-16(14-15-20)18(22)23/h7-8,16,20H,2-6,9-15H2,1H3,(H,19,21)(H,22,23)/b8-7-/t16-/m0/s1. The lowest BCUT2D eigenvalue weighted by Crippen LogP contribution is -2.41. The highest BCUT2D eigenvalue weighted by molar-refractivity contribution is 5.83. The smallest absolute Gasteiger partial charge is 0.326 e. The number of carbonyl (C=O) groups is 2. The van der Waals surface area contributed by atoms with Gasteiger partial charge >= 0.3 is 5.97 Å². The van der Waals surface area contributed by atoms with E-state index in [0.29, 0.717) is 6.42 Å². The molecule has 0 aromatic rings. The van der Waals surface area contributed by atoms with Crippen molar-refractivity contribution in [2.45, 2.75) is 83.6 Å². The number of aliphatic hydroxyl groups is 1. The molecule has 0 aliphatic rings. The van der Waals surface area contributed by atoms with E-state index in [9.17, 15) is 9.59 Å². The number of nitrogens with one attached hydrogen (secondary N) is 1. The SMILES string of the molecule is CCCCCC/C=C\CCCCCC(=O)N[C@@H](CCO)C(=O)O. The van der Waals surface area contributed by atoms with Crippen LogP contribution in [0.15, 0.2) is 12.2 Å². The second kappa shape index (κ2) is 15.5. The molecule has 0 spiro atoms. The average Bonchev–Trinajstić information content (AvgIpc) is 2.52. The number of hydrogen-bond acceptors (Lipinski definition) is 3. The summed E-state index contributed by atoms with van der Waals surface area (Å²) < 4.78 is 0. The molecule has 0 radical (unpaired) electrons. The van der Waals surface area contributed by atoms with E-state index in [1.807, 2.05) is 0 Å². The first-order chi connectivity index (χ1) is 11.1. The third kappa shape index (κ3) is 14.0. The number of rotatable bonds is 15. The Kier molecular flexibility index (Phi) is 14.6. The number of carbonyl (C=O) groups excluding carboxylic acids is 1. The summed E-state index contributed by atoms with van der Waals surface area (Å²) >= 11 is 0. The number of carboxylic acids is 1. The van der Waals surface area contributed by atoms with Crippen molar-refractivity contribution >= 4 is 11.9 Å². The normalized spacial score (nSPS) is 12.4. The first kappa shape index (κ1) is 21.6. The summed E-state index contributed by atoms with van der Waals surface area (Å²) in [5.41, 5.74) is 0. The van der Waals surface area contributed by atoms with E-state index >= 15 is 0 Å². The molecule has 0 aliphatic carbocycles. The minimum atomic E-state index is -1.10. The maximum Gasteiger partial charge on any atom is 0.326 e. The van der Waals surface area contributed by atoms with Gasteiger partial charge in [0, 0.05) is 19.4 Å². The van der Waals surface area contributed by atoms with Gasteiger partial charge in [-0.3, -0.25) is 4.79 Å². The number of allylic oxidation sites excluding steroid dienone is 2. The third-order valence-corrected chi connectivity index (χ3v) is 3.72. The van der Waals surface area contributed by atoms with Crippen LogP contribution in [0.25, 0.3) is 0 Å². The molecule has 0 rings (SSSR count). The van der Waals surface area contributed by atoms with Crippen LogP contribution in [-0.4, -0.2) is 34.7 Å². The van der Waals surface area contributed by atoms with Crippen molar-refractivity contribution in [2.75, 3.05) is 6.61 Å². The fourth-order valence-corrected chi connectivity index (χ4v) is 2.30. The highest BCUT2D eigenvalue weighted by Gasteiger charge is 2.18. The summed E-state index contributed by atoms with van der Waals surface area (Å²) in [6.45, 7) is 1.96. The summed E-state index contributed by atoms with van der Waals surface area (Å²) in [7, 11) is 0. The summed E-state index contributed by atoms with van der Waals surface area (Å²) in [5.74, 6) is -1.35. The molecule has 23 heavy (non-hydrogen) atoms. The lowest BCUT2D eigenvalue weighted by Gasteiger charge is -2.12. The van der Waals surface area contributed by atoms with Gasteiger partial charge in [-0.15, -0.1) is 0 Å². The Balaban J connectivity index is 3.54. The zero-order chi connectivity index (χ0) is 17.3. The number of aliphatic carboxylic acids is 1. The molecule has 0 aromatic carbocycles. The second-order valence-electron chi connectivity index (χ2n) is 5.89. The molecular weight excluding hydrogens is 294 g/mol. The van der Waals surface area contributed by atoms with Gasteiger partial charge in [-0.05, 0) is 32.1 Å². The van der Waals surface area contributed by atoms with Gasteiger partial charge in [0.2, 0.25) is 5.91 Å². The molecule has 0 heterocycles. The van der Waals surface area contributed by atoms with E-state index in [-0.39, 0.29) is 18.9 Å². The van der Waals surface area contributed by atoms with E-state index in [2.05, 4.69) is 24.4 Å². The van der Waals surface area contributed by atoms with Crippen LogP contribution in [0.4, 0.5) is 0 Å². The van der Waals surface area contributed by atoms with E-state index in [1.165, 1.54) is 25.7 Å². The Morgan fingerprint density at radius 2 is 1.61 bits per heavy atom. The molecule has 0 bridgehead atoms. The summed E-state index contributed by atoms with van der Waals surface area (Å²) in [5, 5.41) is 20.1. The van der Waals surface area contributed by atoms with Crippen molar-refractivity contribution in [3.8, 4) is 0 Å². The molecule has 1 atom stereocenters. The molecule has 3 N–H and O–H groups in total. The highest BCUT2D eigenvalue weighted by atomic mass is 16.4. The lowest BCUT2D eigenvalue weighted by atomic mass is 10.1. The van der Waals surface area contributed by atoms with Gasteiger partial charge in [0.25, 0.3) is 0 Å². The molecule has 1 amide bonds. The maximum atomic E-state index is 11.6. The van der Waals surface area contributed by atoms with Crippen LogP contribution in [0.1, 0.15) is 77.6 Å². The van der Waals surface area contributed by atoms with Crippen molar-refractivity contribution in [3.63, 3.8) is 0 Å². The van der Waals surface area contributed by atoms with Crippen molar-refractivity contribution < 1.29 is 19.8 Å². The molecule has 0 aromatic heterocycles. The lowest BCUT2D eigenvalue weighted by molar-refractivity contribution is -0.142. The van der Waals surface area contributed by atoms with Crippen molar-refractivity contribution in [1.29, 1.82) is 0 Å². The molecule has 5 heteroatoms. The topological polar surface area (TPSA) is 86.6 Å². The maximum absolute atomic E-state index is 11.6. The van der Waals surface area contributed by atoms with Crippen LogP contribution in [0.3, 0.4) is 0 Å². The molecule has 0 aliphatic heterocycles. The number of carboxylic acid groups (broad SMARTS) is 1. The van der Waals surface area contributed by atoms with Gasteiger partial charge in [-0.2, -0.15) is 0 Å². The van der Waals surface area contributed by atoms with Crippen molar-refractivity contribution in [3.05, 3.63) is 12.2 Å². The van der Waals surface area contributed by atoms with E-state index in [1.54, 1.807) is 0 Å². The van der Waals surface area contributed by atoms with Gasteiger partial charge in [0.1, 0.15) is 6.04 Å². The summed E-state index contributed by atoms with van der Waals surface area (Å²) in [4.78, 5) is 22.5. The van der Waals surface area contributed by atoms with Gasteiger partial charge in [0.15, 0.2) is 0 Å². The first-order valence-corrected chi connectivity index (χ1v) is 8.89. The van der Waals surface area contributed by atoms with Crippen molar-refractivity contribution in [2.24, 2.45) is 0 Å². The molecular formula is C18H33NO4. The molecule has 0 unspecified atom stereocenters. The Hall–Kier alpha value is -1.36. The Morgan fingerprint density at radius 3 is 2.13 bits per heavy atom. The van der Waals surface area contributed by atoms with Crippen LogP contribution < -0.4 is 5.32 Å². The van der Waals surface area contributed by atoms with Crippen LogP contribution in [-0.2, 0) is 9.59 Å². The molecule has 134 valence electrons. The van der Waals surface area contributed by atoms with E-state index in [0.717, 1.165) is 32.1 Å². The van der Waals surface area contributed by atoms with Crippen LogP contribution >= 0.6 is 0 Å². The third-order valence-electron chi connectivity index (χ3n) is 3.72. The van der Waals surface area contributed by atoms with Gasteiger partial charge in [-0.25, -0.2) is 4.79 Å². The van der Waals surface area contributed by atoms with Gasteiger partial charge in [0.05, 0.1) is 0 Å². The van der Waals surface area contributed by atoms with Crippen LogP contribution in [0.5, 0.6) is 0 Å². The Morgan fingerprint density at radius 1 is 1.00 bits per heavy atom. The molecule has 0 saturated heterocycles. The highest BCUT2D eigenvalue weighted by Crippen LogP contribution is 2.07. The summed E-state index contributed by atoms with van der Waals surface area (Å²) in [6.07, 6.45) is 15.0. The minimum Gasteiger partial charge on any atom is -0.480 e. The van der Waals surface area contributed by atoms with Crippen LogP contribution in [0, 0.1) is 0 Å². The number of amides is 1. The van der Waals surface area contributed by atoms with Gasteiger partial charge < -0.3 is 15.5 Å². The quantitative estimate of drug-likeness (QED) is 0.318. The predicted molar refractivity (Wildman–Crippen MR) is 92.3 cm³/mol. The molecule has 5 nitrogen and oxygen atoms in total. The first-order valence-electron chi connectivity index (χ1n) is 8.89. The fraction of sp³-hybridized carbons (Fsp3) is 0.778. The second-order valence-corrected chi connectivity index (χ2v) is 5.89. The number of aliphatic hydroxyl groups excluding tert-OH is 1. The number of unbranched alkanes of at least 4 members (excludes halogenated alkanes) is 7. The molecule has 0 saturated carbocycles. The van der Waals surface area contributed by atoms with Gasteiger partial charge in [-0.1, -0.05) is 44.8 Å². The fourth-order valence-electron chi connectivity index (χ4n) is 2.30. The van der Waals surface area contributed by atoms with Crippen LogP contribution in [0.2, 0.25) is 0 Å². The monoisotopic (exact) mass is 327 g/mol. The number of hydrogen-bond donors (Lipinski definition) is 3. The zero-order valence-corrected chi connectivity index (χ0v) is 14.4. The average molecular weight is 327 g/mol. The predicted octanol–water partition coefficient (Wildman–Crippen LogP) is 3.42. The van der Waals surface area contributed by atoms with E-state index in [4.69, 9.17) is 10.2 Å². The Labute approximate surface area is 140 Å². The zero-order valence-electron chi connectivity index (χ0n) is 14.4.